The number of ether oxygens (including phenoxy) is 1. The van der Waals surface area contributed by atoms with Gasteiger partial charge in [-0.2, -0.15) is 0 Å². The lowest BCUT2D eigenvalue weighted by Crippen LogP contribution is -2.42. The predicted octanol–water partition coefficient (Wildman–Crippen LogP) is 4.01. The lowest BCUT2D eigenvalue weighted by atomic mass is 9.96. The molecule has 1 saturated heterocycles. The van der Waals surface area contributed by atoms with E-state index in [2.05, 4.69) is 17.1 Å². The molecule has 144 valence electrons. The molecule has 3 rings (SSSR count). The van der Waals surface area contributed by atoms with Gasteiger partial charge in [0, 0.05) is 10.9 Å². The Kier molecular flexibility index (Phi) is 6.70. The molecule has 2 aliphatic rings. The van der Waals surface area contributed by atoms with Crippen LogP contribution in [0.2, 0.25) is 0 Å². The van der Waals surface area contributed by atoms with Crippen LogP contribution in [0.15, 0.2) is 0 Å². The van der Waals surface area contributed by atoms with Crippen LogP contribution in [0.4, 0.5) is 5.00 Å². The summed E-state index contributed by atoms with van der Waals surface area (Å²) in [5, 5.41) is 3.71. The van der Waals surface area contributed by atoms with Gasteiger partial charge in [0.15, 0.2) is 0 Å². The fourth-order valence-corrected chi connectivity index (χ4v) is 5.36. The monoisotopic (exact) mass is 378 g/mol. The number of piperidine rings is 1. The van der Waals surface area contributed by atoms with Gasteiger partial charge in [-0.15, -0.1) is 11.3 Å². The Labute approximate surface area is 160 Å². The fraction of sp³-hybridized carbons (Fsp3) is 0.700. The Balaban J connectivity index is 1.78. The predicted molar refractivity (Wildman–Crippen MR) is 105 cm³/mol. The summed E-state index contributed by atoms with van der Waals surface area (Å²) >= 11 is 1.57. The molecule has 1 aromatic rings. The van der Waals surface area contributed by atoms with Gasteiger partial charge in [-0.05, 0) is 57.6 Å². The average Bonchev–Trinajstić information content (AvgIpc) is 2.92. The van der Waals surface area contributed by atoms with Crippen molar-refractivity contribution in [1.29, 1.82) is 0 Å². The molecule has 5 nitrogen and oxygen atoms in total. The average molecular weight is 379 g/mol. The first-order valence-corrected chi connectivity index (χ1v) is 10.7. The second kappa shape index (κ2) is 9.00. The highest BCUT2D eigenvalue weighted by atomic mass is 32.1. The van der Waals surface area contributed by atoms with Gasteiger partial charge in [0.1, 0.15) is 5.00 Å². The zero-order valence-corrected chi connectivity index (χ0v) is 16.8. The molecule has 26 heavy (non-hydrogen) atoms. The molecule has 0 spiro atoms. The van der Waals surface area contributed by atoms with E-state index in [0.717, 1.165) is 50.6 Å². The number of fused-ring (bicyclic) bond motifs is 1. The Hall–Kier alpha value is -1.40. The SMILES string of the molecule is COC(=O)c1c(NC(=O)CN2CCCCC2C)sc2c1CCCCCC2. The number of hydrogen-bond acceptors (Lipinski definition) is 5. The Bertz CT molecular complexity index is 656. The number of nitrogens with one attached hydrogen (secondary N) is 1. The molecule has 0 radical (unpaired) electrons. The van der Waals surface area contributed by atoms with Crippen LogP contribution in [0.3, 0.4) is 0 Å². The number of carbonyl (C=O) groups is 2. The summed E-state index contributed by atoms with van der Waals surface area (Å²) in [5.74, 6) is -0.358. The van der Waals surface area contributed by atoms with Crippen molar-refractivity contribution in [2.45, 2.75) is 70.8 Å². The van der Waals surface area contributed by atoms with Crippen LogP contribution < -0.4 is 5.32 Å². The van der Waals surface area contributed by atoms with Gasteiger partial charge < -0.3 is 10.1 Å². The number of nitrogens with zero attached hydrogens (tertiary/aromatic N) is 1. The van der Waals surface area contributed by atoms with E-state index in [1.807, 2.05) is 0 Å². The fourth-order valence-electron chi connectivity index (χ4n) is 4.07. The van der Waals surface area contributed by atoms with E-state index >= 15 is 0 Å². The number of likely N-dealkylation sites (tertiary alicyclic amines) is 1. The minimum Gasteiger partial charge on any atom is -0.465 e. The maximum absolute atomic E-state index is 12.6. The molecule has 1 unspecified atom stereocenters. The largest absolute Gasteiger partial charge is 0.465 e. The highest BCUT2D eigenvalue weighted by molar-refractivity contribution is 7.17. The second-order valence-corrected chi connectivity index (χ2v) is 8.58. The number of aryl methyl sites for hydroxylation is 1. The smallest absolute Gasteiger partial charge is 0.341 e. The summed E-state index contributed by atoms with van der Waals surface area (Å²) < 4.78 is 5.03. The molecule has 2 heterocycles. The molecule has 1 aliphatic heterocycles. The highest BCUT2D eigenvalue weighted by Gasteiger charge is 2.27. The van der Waals surface area contributed by atoms with Crippen molar-refractivity contribution >= 4 is 28.2 Å². The molecule has 1 N–H and O–H groups in total. The van der Waals surface area contributed by atoms with E-state index in [1.54, 1.807) is 11.3 Å². The number of thiophene rings is 1. The van der Waals surface area contributed by atoms with Gasteiger partial charge >= 0.3 is 5.97 Å². The maximum atomic E-state index is 12.6. The first-order chi connectivity index (χ1) is 12.6. The van der Waals surface area contributed by atoms with Gasteiger partial charge in [-0.25, -0.2) is 4.79 Å². The molecule has 1 aromatic heterocycles. The van der Waals surface area contributed by atoms with Gasteiger partial charge in [-0.3, -0.25) is 9.69 Å². The van der Waals surface area contributed by atoms with E-state index in [-0.39, 0.29) is 11.9 Å². The molecule has 1 fully saturated rings. The Morgan fingerprint density at radius 3 is 2.65 bits per heavy atom. The van der Waals surface area contributed by atoms with Gasteiger partial charge in [0.05, 0.1) is 19.2 Å². The first-order valence-electron chi connectivity index (χ1n) is 9.87. The second-order valence-electron chi connectivity index (χ2n) is 7.48. The Morgan fingerprint density at radius 1 is 1.15 bits per heavy atom. The van der Waals surface area contributed by atoms with E-state index < -0.39 is 0 Å². The van der Waals surface area contributed by atoms with E-state index in [1.165, 1.54) is 31.2 Å². The summed E-state index contributed by atoms with van der Waals surface area (Å²) in [6, 6.07) is 0.443. The van der Waals surface area contributed by atoms with Crippen molar-refractivity contribution in [1.82, 2.24) is 4.90 Å². The first kappa shape index (κ1) is 19.4. The minimum absolute atomic E-state index is 0.0295. The van der Waals surface area contributed by atoms with Crippen LogP contribution in [-0.4, -0.2) is 43.0 Å². The number of esters is 1. The summed E-state index contributed by atoms with van der Waals surface area (Å²) in [6.07, 6.45) is 10.1. The maximum Gasteiger partial charge on any atom is 0.341 e. The standard InChI is InChI=1S/C20H30N2O3S/c1-14-9-7-8-12-22(14)13-17(23)21-19-18(20(24)25-2)15-10-5-3-4-6-11-16(15)26-19/h14H,3-13H2,1-2H3,(H,21,23). The summed E-state index contributed by atoms with van der Waals surface area (Å²) in [6.45, 7) is 3.55. The lowest BCUT2D eigenvalue weighted by molar-refractivity contribution is -0.118. The molecule has 1 amide bonds. The number of methoxy groups -OCH3 is 1. The van der Waals surface area contributed by atoms with Crippen molar-refractivity contribution < 1.29 is 14.3 Å². The Morgan fingerprint density at radius 2 is 1.92 bits per heavy atom. The number of rotatable bonds is 4. The highest BCUT2D eigenvalue weighted by Crippen LogP contribution is 2.37. The normalized spacial score (nSPS) is 21.4. The van der Waals surface area contributed by atoms with Crippen LogP contribution in [0.25, 0.3) is 0 Å². The van der Waals surface area contributed by atoms with Crippen LogP contribution in [0, 0.1) is 0 Å². The molecule has 1 atom stereocenters. The number of amides is 1. The third-order valence-electron chi connectivity index (χ3n) is 5.60. The van der Waals surface area contributed by atoms with Gasteiger partial charge in [0.25, 0.3) is 0 Å². The zero-order valence-electron chi connectivity index (χ0n) is 15.9. The quantitative estimate of drug-likeness (QED) is 0.805. The minimum atomic E-state index is -0.329. The third kappa shape index (κ3) is 4.46. The van der Waals surface area contributed by atoms with Crippen molar-refractivity contribution in [3.63, 3.8) is 0 Å². The molecule has 0 aromatic carbocycles. The topological polar surface area (TPSA) is 58.6 Å². The molecule has 6 heteroatoms. The zero-order chi connectivity index (χ0) is 18.5. The van der Waals surface area contributed by atoms with Gasteiger partial charge in [-0.1, -0.05) is 19.3 Å². The number of carbonyl (C=O) groups excluding carboxylic acids is 2. The van der Waals surface area contributed by atoms with Crippen LogP contribution >= 0.6 is 11.3 Å². The van der Waals surface area contributed by atoms with E-state index in [4.69, 9.17) is 4.74 Å². The molecular formula is C20H30N2O3S. The van der Waals surface area contributed by atoms with Crippen molar-refractivity contribution in [3.05, 3.63) is 16.0 Å². The van der Waals surface area contributed by atoms with E-state index in [0.29, 0.717) is 23.2 Å². The molecular weight excluding hydrogens is 348 g/mol. The van der Waals surface area contributed by atoms with E-state index in [9.17, 15) is 9.59 Å². The number of anilines is 1. The van der Waals surface area contributed by atoms with Crippen molar-refractivity contribution in [2.24, 2.45) is 0 Å². The van der Waals surface area contributed by atoms with Crippen molar-refractivity contribution in [3.8, 4) is 0 Å². The van der Waals surface area contributed by atoms with Crippen LogP contribution in [-0.2, 0) is 22.4 Å². The summed E-state index contributed by atoms with van der Waals surface area (Å²) in [7, 11) is 1.41. The van der Waals surface area contributed by atoms with Crippen LogP contribution in [0.5, 0.6) is 0 Å². The van der Waals surface area contributed by atoms with Crippen LogP contribution in [0.1, 0.15) is 72.7 Å². The summed E-state index contributed by atoms with van der Waals surface area (Å²) in [5.41, 5.74) is 1.69. The summed E-state index contributed by atoms with van der Waals surface area (Å²) in [4.78, 5) is 28.5. The van der Waals surface area contributed by atoms with Gasteiger partial charge in [0.2, 0.25) is 5.91 Å². The number of hydrogen-bond donors (Lipinski definition) is 1. The molecule has 0 saturated carbocycles. The lowest BCUT2D eigenvalue weighted by Gasteiger charge is -2.32. The molecule has 0 bridgehead atoms. The molecule has 1 aliphatic carbocycles. The third-order valence-corrected chi connectivity index (χ3v) is 6.81. The van der Waals surface area contributed by atoms with Crippen molar-refractivity contribution in [2.75, 3.05) is 25.5 Å².